The van der Waals surface area contributed by atoms with Crippen molar-refractivity contribution in [2.45, 2.75) is 13.3 Å². The maximum Gasteiger partial charge on any atom is 0.0537 e. The van der Waals surface area contributed by atoms with Gasteiger partial charge in [0.25, 0.3) is 0 Å². The lowest BCUT2D eigenvalue weighted by Gasteiger charge is -2.17. The van der Waals surface area contributed by atoms with E-state index in [1.165, 1.54) is 27.8 Å². The monoisotopic (exact) mass is 259 g/mol. The predicted octanol–water partition coefficient (Wildman–Crippen LogP) is 4.84. The molecule has 1 heterocycles. The Morgan fingerprint density at radius 1 is 0.950 bits per heavy atom. The number of para-hydroxylation sites is 2. The number of hydrogen-bond acceptors (Lipinski definition) is 0. The highest BCUT2D eigenvalue weighted by Gasteiger charge is 2.20. The Labute approximate surface area is 119 Å². The lowest BCUT2D eigenvalue weighted by Crippen LogP contribution is -2.08. The second-order valence-electron chi connectivity index (χ2n) is 5.59. The molecule has 1 unspecified atom stereocenters. The van der Waals surface area contributed by atoms with Gasteiger partial charge < -0.3 is 4.57 Å². The van der Waals surface area contributed by atoms with Crippen molar-refractivity contribution in [1.29, 1.82) is 0 Å². The van der Waals surface area contributed by atoms with Crippen LogP contribution in [-0.4, -0.2) is 4.57 Å². The summed E-state index contributed by atoms with van der Waals surface area (Å²) < 4.78 is 2.42. The van der Waals surface area contributed by atoms with Gasteiger partial charge in [0.1, 0.15) is 0 Å². The lowest BCUT2D eigenvalue weighted by molar-refractivity contribution is 0.690. The molecule has 1 atom stereocenters. The molecule has 1 aliphatic carbocycles. The van der Waals surface area contributed by atoms with Gasteiger partial charge in [-0.25, -0.2) is 0 Å². The maximum atomic E-state index is 2.42. The molecular formula is C19H17N. The standard InChI is InChI=1S/C19H17N/c1-14-11-12-17-16-9-5-6-10-18(16)20(19(17)13-14)15-7-3-2-4-8-15/h2-12,14H,13H2,1H3. The van der Waals surface area contributed by atoms with Crippen molar-refractivity contribution < 1.29 is 0 Å². The normalized spacial score (nSPS) is 17.4. The van der Waals surface area contributed by atoms with Crippen LogP contribution >= 0.6 is 0 Å². The smallest absolute Gasteiger partial charge is 0.0537 e. The minimum Gasteiger partial charge on any atom is -0.313 e. The van der Waals surface area contributed by atoms with Crippen LogP contribution in [0.4, 0.5) is 0 Å². The van der Waals surface area contributed by atoms with Gasteiger partial charge in [-0.3, -0.25) is 0 Å². The molecule has 1 nitrogen and oxygen atoms in total. The first-order chi connectivity index (χ1) is 9.84. The highest BCUT2D eigenvalue weighted by Crippen LogP contribution is 2.34. The van der Waals surface area contributed by atoms with Crippen LogP contribution in [0.3, 0.4) is 0 Å². The highest BCUT2D eigenvalue weighted by atomic mass is 15.0. The van der Waals surface area contributed by atoms with Crippen LogP contribution in [-0.2, 0) is 6.42 Å². The van der Waals surface area contributed by atoms with Crippen LogP contribution in [0.2, 0.25) is 0 Å². The van der Waals surface area contributed by atoms with Crippen LogP contribution < -0.4 is 0 Å². The fourth-order valence-corrected chi connectivity index (χ4v) is 3.21. The molecule has 0 saturated heterocycles. The van der Waals surface area contributed by atoms with Gasteiger partial charge in [-0.1, -0.05) is 55.5 Å². The van der Waals surface area contributed by atoms with Crippen LogP contribution in [0.1, 0.15) is 18.2 Å². The summed E-state index contributed by atoms with van der Waals surface area (Å²) in [6.07, 6.45) is 5.73. The Hall–Kier alpha value is -2.28. The van der Waals surface area contributed by atoms with Crippen LogP contribution in [0.5, 0.6) is 0 Å². The van der Waals surface area contributed by atoms with Gasteiger partial charge in [-0.2, -0.15) is 0 Å². The minimum atomic E-state index is 0.606. The highest BCUT2D eigenvalue weighted by molar-refractivity contribution is 5.93. The zero-order valence-electron chi connectivity index (χ0n) is 11.6. The molecule has 0 N–H and O–H groups in total. The van der Waals surface area contributed by atoms with E-state index < -0.39 is 0 Å². The van der Waals surface area contributed by atoms with Crippen molar-refractivity contribution in [3.63, 3.8) is 0 Å². The average molecular weight is 259 g/mol. The Bertz CT molecular complexity index is 793. The molecule has 0 aliphatic heterocycles. The van der Waals surface area contributed by atoms with Gasteiger partial charge in [0.15, 0.2) is 0 Å². The zero-order chi connectivity index (χ0) is 13.5. The summed E-state index contributed by atoms with van der Waals surface area (Å²) >= 11 is 0. The second kappa shape index (κ2) is 4.38. The molecular weight excluding hydrogens is 242 g/mol. The number of allylic oxidation sites excluding steroid dienone is 1. The van der Waals surface area contributed by atoms with Crippen molar-refractivity contribution in [2.75, 3.05) is 0 Å². The van der Waals surface area contributed by atoms with E-state index in [1.807, 2.05) is 0 Å². The number of hydrogen-bond donors (Lipinski definition) is 0. The third-order valence-corrected chi connectivity index (χ3v) is 4.14. The molecule has 4 rings (SSSR count). The zero-order valence-corrected chi connectivity index (χ0v) is 11.6. The molecule has 1 aliphatic rings. The summed E-state index contributed by atoms with van der Waals surface area (Å²) in [7, 11) is 0. The van der Waals surface area contributed by atoms with E-state index >= 15 is 0 Å². The molecule has 1 heteroatoms. The molecule has 0 amide bonds. The van der Waals surface area contributed by atoms with Crippen molar-refractivity contribution in [3.8, 4) is 5.69 Å². The Morgan fingerprint density at radius 2 is 1.70 bits per heavy atom. The van der Waals surface area contributed by atoms with E-state index in [4.69, 9.17) is 0 Å². The Kier molecular flexibility index (Phi) is 2.53. The van der Waals surface area contributed by atoms with Gasteiger partial charge in [-0.05, 0) is 30.5 Å². The Balaban J connectivity index is 2.10. The summed E-state index contributed by atoms with van der Waals surface area (Å²) in [5.74, 6) is 0.606. The first-order valence-electron chi connectivity index (χ1n) is 7.20. The number of rotatable bonds is 1. The SMILES string of the molecule is CC1C=Cc2c(n(-c3ccccc3)c3ccccc23)C1. The average Bonchev–Trinajstić information content (AvgIpc) is 2.81. The summed E-state index contributed by atoms with van der Waals surface area (Å²) in [5, 5.41) is 1.36. The van der Waals surface area contributed by atoms with Crippen LogP contribution in [0, 0.1) is 5.92 Å². The molecule has 3 aromatic rings. The molecule has 0 bridgehead atoms. The topological polar surface area (TPSA) is 4.93 Å². The number of fused-ring (bicyclic) bond motifs is 3. The third kappa shape index (κ3) is 1.63. The van der Waals surface area contributed by atoms with Crippen molar-refractivity contribution in [3.05, 3.63) is 71.9 Å². The third-order valence-electron chi connectivity index (χ3n) is 4.14. The first-order valence-corrected chi connectivity index (χ1v) is 7.20. The number of benzene rings is 2. The van der Waals surface area contributed by atoms with E-state index in [1.54, 1.807) is 0 Å². The van der Waals surface area contributed by atoms with Gasteiger partial charge in [-0.15, -0.1) is 0 Å². The summed E-state index contributed by atoms with van der Waals surface area (Å²) in [5.41, 5.74) is 5.39. The largest absolute Gasteiger partial charge is 0.313 e. The molecule has 0 radical (unpaired) electrons. The molecule has 0 spiro atoms. The van der Waals surface area contributed by atoms with Crippen LogP contribution in [0.15, 0.2) is 60.7 Å². The molecule has 98 valence electrons. The van der Waals surface area contributed by atoms with Gasteiger partial charge in [0.2, 0.25) is 0 Å². The summed E-state index contributed by atoms with van der Waals surface area (Å²) in [4.78, 5) is 0. The summed E-state index contributed by atoms with van der Waals surface area (Å²) in [6, 6.07) is 19.4. The van der Waals surface area contributed by atoms with Gasteiger partial charge in [0, 0.05) is 22.3 Å². The fraction of sp³-hybridized carbons (Fsp3) is 0.158. The quantitative estimate of drug-likeness (QED) is 0.589. The van der Waals surface area contributed by atoms with E-state index in [2.05, 4.69) is 78.2 Å². The minimum absolute atomic E-state index is 0.606. The fourth-order valence-electron chi connectivity index (χ4n) is 3.21. The van der Waals surface area contributed by atoms with E-state index in [0.717, 1.165) is 6.42 Å². The van der Waals surface area contributed by atoms with Crippen molar-refractivity contribution in [2.24, 2.45) is 5.92 Å². The summed E-state index contributed by atoms with van der Waals surface area (Å²) in [6.45, 7) is 2.28. The number of nitrogens with zero attached hydrogens (tertiary/aromatic N) is 1. The Morgan fingerprint density at radius 3 is 2.55 bits per heavy atom. The van der Waals surface area contributed by atoms with E-state index in [9.17, 15) is 0 Å². The molecule has 2 aromatic carbocycles. The van der Waals surface area contributed by atoms with Crippen LogP contribution in [0.25, 0.3) is 22.7 Å². The van der Waals surface area contributed by atoms with E-state index in [-0.39, 0.29) is 0 Å². The second-order valence-corrected chi connectivity index (χ2v) is 5.59. The van der Waals surface area contributed by atoms with Crippen molar-refractivity contribution >= 4 is 17.0 Å². The van der Waals surface area contributed by atoms with Gasteiger partial charge >= 0.3 is 0 Å². The molecule has 0 saturated carbocycles. The number of aromatic nitrogens is 1. The van der Waals surface area contributed by atoms with Crippen molar-refractivity contribution in [1.82, 2.24) is 4.57 Å². The predicted molar refractivity (Wildman–Crippen MR) is 85.2 cm³/mol. The molecule has 1 aromatic heterocycles. The maximum absolute atomic E-state index is 2.42. The molecule has 20 heavy (non-hydrogen) atoms. The van der Waals surface area contributed by atoms with E-state index in [0.29, 0.717) is 5.92 Å². The first kappa shape index (κ1) is 11.5. The lowest BCUT2D eigenvalue weighted by atomic mass is 9.95. The molecule has 0 fully saturated rings. The van der Waals surface area contributed by atoms with Gasteiger partial charge in [0.05, 0.1) is 5.52 Å².